The van der Waals surface area contributed by atoms with Crippen LogP contribution in [0.15, 0.2) is 90.7 Å². The molecule has 0 aromatic heterocycles. The van der Waals surface area contributed by atoms with Gasteiger partial charge < -0.3 is 19.7 Å². The number of rotatable bonds is 4. The Bertz CT molecular complexity index is 1440. The van der Waals surface area contributed by atoms with Gasteiger partial charge in [-0.25, -0.2) is 9.59 Å². The first kappa shape index (κ1) is 21.3. The smallest absolute Gasteiger partial charge is 0.343 e. The summed E-state index contributed by atoms with van der Waals surface area (Å²) in [5.41, 5.74) is 2.09. The Hall–Kier alpha value is -4.58. The molecule has 0 amide bonds. The van der Waals surface area contributed by atoms with Crippen molar-refractivity contribution in [3.05, 3.63) is 113 Å². The van der Waals surface area contributed by atoms with Gasteiger partial charge in [0.25, 0.3) is 0 Å². The Labute approximate surface area is 195 Å². The monoisotopic (exact) mass is 452 g/mol. The fourth-order valence-electron chi connectivity index (χ4n) is 4.14. The van der Waals surface area contributed by atoms with E-state index in [1.807, 2.05) is 43.3 Å². The van der Waals surface area contributed by atoms with Crippen LogP contribution in [0, 0.1) is 0 Å². The SMILES string of the molecule is CC1C(OC(=O)c2ccc(O)cc2)=C(OC(=O)c2ccc(O)cc2)c2cccc3cccc1c23. The molecule has 0 aliphatic heterocycles. The maximum Gasteiger partial charge on any atom is 0.343 e. The van der Waals surface area contributed by atoms with Crippen molar-refractivity contribution in [2.45, 2.75) is 12.8 Å². The van der Waals surface area contributed by atoms with Crippen LogP contribution in [0.1, 0.15) is 44.7 Å². The second kappa shape index (κ2) is 8.41. The van der Waals surface area contributed by atoms with Gasteiger partial charge in [-0.2, -0.15) is 0 Å². The molecule has 5 rings (SSSR count). The third-order valence-corrected chi connectivity index (χ3v) is 5.87. The van der Waals surface area contributed by atoms with Gasteiger partial charge in [-0.05, 0) is 64.9 Å². The minimum atomic E-state index is -0.642. The van der Waals surface area contributed by atoms with Crippen molar-refractivity contribution in [2.24, 2.45) is 0 Å². The molecule has 1 aliphatic carbocycles. The van der Waals surface area contributed by atoms with Crippen LogP contribution in [-0.2, 0) is 9.47 Å². The first-order valence-electron chi connectivity index (χ1n) is 10.7. The molecule has 0 bridgehead atoms. The lowest BCUT2D eigenvalue weighted by atomic mass is 9.84. The van der Waals surface area contributed by atoms with E-state index in [1.54, 1.807) is 0 Å². The number of phenolic OH excluding ortho intramolecular Hbond substituents is 2. The average molecular weight is 452 g/mol. The zero-order chi connectivity index (χ0) is 23.8. The third-order valence-electron chi connectivity index (χ3n) is 5.87. The van der Waals surface area contributed by atoms with Crippen LogP contribution < -0.4 is 0 Å². The van der Waals surface area contributed by atoms with E-state index in [9.17, 15) is 19.8 Å². The van der Waals surface area contributed by atoms with Crippen molar-refractivity contribution >= 4 is 28.5 Å². The van der Waals surface area contributed by atoms with Crippen LogP contribution in [0.5, 0.6) is 11.5 Å². The summed E-state index contributed by atoms with van der Waals surface area (Å²) in [5, 5.41) is 21.0. The molecule has 0 fully saturated rings. The highest BCUT2D eigenvalue weighted by molar-refractivity contribution is 6.02. The molecule has 6 heteroatoms. The summed E-state index contributed by atoms with van der Waals surface area (Å²) in [7, 11) is 0. The van der Waals surface area contributed by atoms with Crippen molar-refractivity contribution in [2.75, 3.05) is 0 Å². The molecule has 0 heterocycles. The van der Waals surface area contributed by atoms with Crippen LogP contribution >= 0.6 is 0 Å². The summed E-state index contributed by atoms with van der Waals surface area (Å²) in [4.78, 5) is 26.0. The lowest BCUT2D eigenvalue weighted by Crippen LogP contribution is -2.18. The highest BCUT2D eigenvalue weighted by atomic mass is 16.6. The van der Waals surface area contributed by atoms with E-state index in [0.717, 1.165) is 16.3 Å². The molecule has 0 saturated heterocycles. The molecular weight excluding hydrogens is 432 g/mol. The predicted octanol–water partition coefficient (Wildman–Crippen LogP) is 5.75. The van der Waals surface area contributed by atoms with Gasteiger partial charge in [-0.1, -0.05) is 43.3 Å². The minimum absolute atomic E-state index is 0.0317. The van der Waals surface area contributed by atoms with Crippen molar-refractivity contribution in [3.8, 4) is 11.5 Å². The topological polar surface area (TPSA) is 93.1 Å². The molecule has 1 atom stereocenters. The van der Waals surface area contributed by atoms with Gasteiger partial charge in [0, 0.05) is 11.5 Å². The maximum absolute atomic E-state index is 13.0. The number of benzene rings is 4. The van der Waals surface area contributed by atoms with E-state index >= 15 is 0 Å². The molecule has 6 nitrogen and oxygen atoms in total. The molecule has 2 N–H and O–H groups in total. The fraction of sp³-hybridized carbons (Fsp3) is 0.0714. The molecule has 0 spiro atoms. The van der Waals surface area contributed by atoms with Crippen LogP contribution in [0.4, 0.5) is 0 Å². The van der Waals surface area contributed by atoms with E-state index in [4.69, 9.17) is 9.47 Å². The number of ether oxygens (including phenoxy) is 2. The van der Waals surface area contributed by atoms with Gasteiger partial charge in [-0.15, -0.1) is 0 Å². The summed E-state index contributed by atoms with van der Waals surface area (Å²) in [5.74, 6) is -1.20. The van der Waals surface area contributed by atoms with Crippen molar-refractivity contribution in [1.29, 1.82) is 0 Å². The number of aromatic hydroxyl groups is 2. The number of carbonyl (C=O) groups is 2. The Morgan fingerprint density at radius 2 is 1.24 bits per heavy atom. The minimum Gasteiger partial charge on any atom is -0.508 e. The number of hydrogen-bond acceptors (Lipinski definition) is 6. The molecule has 4 aromatic carbocycles. The Morgan fingerprint density at radius 3 is 1.82 bits per heavy atom. The normalized spacial score (nSPS) is 14.7. The van der Waals surface area contributed by atoms with Gasteiger partial charge in [0.15, 0.2) is 11.5 Å². The molecule has 1 unspecified atom stereocenters. The predicted molar refractivity (Wildman–Crippen MR) is 126 cm³/mol. The quantitative estimate of drug-likeness (QED) is 0.383. The maximum atomic E-state index is 13.0. The molecule has 0 radical (unpaired) electrons. The van der Waals surface area contributed by atoms with E-state index in [1.165, 1.54) is 48.5 Å². The van der Waals surface area contributed by atoms with E-state index in [0.29, 0.717) is 5.56 Å². The summed E-state index contributed by atoms with van der Waals surface area (Å²) in [6.45, 7) is 1.89. The Balaban J connectivity index is 1.62. The fourth-order valence-corrected chi connectivity index (χ4v) is 4.14. The highest BCUT2D eigenvalue weighted by Crippen LogP contribution is 2.44. The number of phenols is 2. The van der Waals surface area contributed by atoms with E-state index in [2.05, 4.69) is 0 Å². The second-order valence-electron chi connectivity index (χ2n) is 8.04. The summed E-state index contributed by atoms with van der Waals surface area (Å²) in [6, 6.07) is 23.0. The summed E-state index contributed by atoms with van der Waals surface area (Å²) >= 11 is 0. The van der Waals surface area contributed by atoms with Gasteiger partial charge in [0.2, 0.25) is 0 Å². The highest BCUT2D eigenvalue weighted by Gasteiger charge is 2.32. The molecule has 0 saturated carbocycles. The molecule has 4 aromatic rings. The lowest BCUT2D eigenvalue weighted by Gasteiger charge is -2.27. The van der Waals surface area contributed by atoms with Crippen LogP contribution in [0.25, 0.3) is 16.5 Å². The third kappa shape index (κ3) is 3.75. The molecule has 34 heavy (non-hydrogen) atoms. The van der Waals surface area contributed by atoms with Crippen molar-refractivity contribution in [1.82, 2.24) is 0 Å². The number of hydrogen-bond donors (Lipinski definition) is 2. The lowest BCUT2D eigenvalue weighted by molar-refractivity contribution is 0.0567. The largest absolute Gasteiger partial charge is 0.508 e. The van der Waals surface area contributed by atoms with Crippen molar-refractivity contribution in [3.63, 3.8) is 0 Å². The standard InChI is InChI=1S/C28H20O6/c1-16-22-6-2-4-17-5-3-7-23(24(17)22)26(34-28(32)19-10-14-21(30)15-11-19)25(16)33-27(31)18-8-12-20(29)13-9-18/h2-16,29-30H,1H3. The molecule has 1 aliphatic rings. The Morgan fingerprint density at radius 1 is 0.706 bits per heavy atom. The zero-order valence-corrected chi connectivity index (χ0v) is 18.2. The van der Waals surface area contributed by atoms with E-state index in [-0.39, 0.29) is 40.1 Å². The van der Waals surface area contributed by atoms with Crippen LogP contribution in [0.3, 0.4) is 0 Å². The van der Waals surface area contributed by atoms with Crippen LogP contribution in [-0.4, -0.2) is 22.2 Å². The van der Waals surface area contributed by atoms with Crippen LogP contribution in [0.2, 0.25) is 0 Å². The number of carbonyl (C=O) groups excluding carboxylic acids is 2. The number of esters is 2. The number of allylic oxidation sites excluding steroid dienone is 1. The first-order chi connectivity index (χ1) is 16.4. The average Bonchev–Trinajstić information content (AvgIpc) is 2.85. The van der Waals surface area contributed by atoms with Crippen molar-refractivity contribution < 1.29 is 29.3 Å². The van der Waals surface area contributed by atoms with Gasteiger partial charge >= 0.3 is 11.9 Å². The Kier molecular flexibility index (Phi) is 5.26. The first-order valence-corrected chi connectivity index (χ1v) is 10.7. The summed E-state index contributed by atoms with van der Waals surface area (Å²) in [6.07, 6.45) is 0. The van der Waals surface area contributed by atoms with Gasteiger partial charge in [-0.3, -0.25) is 0 Å². The van der Waals surface area contributed by atoms with E-state index < -0.39 is 11.9 Å². The summed E-state index contributed by atoms with van der Waals surface area (Å²) < 4.78 is 11.7. The zero-order valence-electron chi connectivity index (χ0n) is 18.2. The van der Waals surface area contributed by atoms with Gasteiger partial charge in [0.1, 0.15) is 11.5 Å². The van der Waals surface area contributed by atoms with Gasteiger partial charge in [0.05, 0.1) is 11.1 Å². The molecular formula is C28H20O6. The second-order valence-corrected chi connectivity index (χ2v) is 8.04. The molecule has 168 valence electrons.